The highest BCUT2D eigenvalue weighted by atomic mass is 16.5. The minimum atomic E-state index is -0.914. The van der Waals surface area contributed by atoms with E-state index >= 15 is 0 Å². The summed E-state index contributed by atoms with van der Waals surface area (Å²) in [5.41, 5.74) is 2.84. The Hall–Kier alpha value is -2.44. The van der Waals surface area contributed by atoms with Crippen molar-refractivity contribution in [2.45, 2.75) is 57.0 Å². The second-order valence-corrected chi connectivity index (χ2v) is 9.81. The Bertz CT molecular complexity index is 1030. The molecule has 3 aliphatic carbocycles. The van der Waals surface area contributed by atoms with E-state index in [9.17, 15) is 5.11 Å². The van der Waals surface area contributed by atoms with Crippen molar-refractivity contribution in [1.82, 2.24) is 0 Å². The Balaban J connectivity index is 1.41. The maximum absolute atomic E-state index is 11.7. The van der Waals surface area contributed by atoms with Crippen molar-refractivity contribution in [3.63, 3.8) is 0 Å². The van der Waals surface area contributed by atoms with E-state index in [2.05, 4.69) is 37.0 Å². The van der Waals surface area contributed by atoms with Crippen LogP contribution in [-0.2, 0) is 6.42 Å². The number of methoxy groups -OCH3 is 2. The molecule has 5 atom stereocenters. The molecule has 1 N–H and O–H groups in total. The lowest BCUT2D eigenvalue weighted by Gasteiger charge is -2.52. The molecular weight excluding hydrogens is 384 g/mol. The third-order valence-electron chi connectivity index (χ3n) is 8.59. The standard InChI is InChI=1S/C28H32O3/c1-27-15-13-24-23-11-9-22(31-3)18-20(23)6-10-25(24)26(27)14-17-28(27,29)16-12-19-4-7-21(30-2)8-5-19/h4-5,7-9,11,18,24-26,29H,6,10,13-15,17H2,1-3H3/t24-,25-,26+,27+,28+/m1/s1. The van der Waals surface area contributed by atoms with E-state index in [0.717, 1.165) is 49.2 Å². The van der Waals surface area contributed by atoms with Gasteiger partial charge in [0, 0.05) is 11.0 Å². The minimum absolute atomic E-state index is 0.141. The van der Waals surface area contributed by atoms with E-state index in [1.165, 1.54) is 17.5 Å². The Morgan fingerprint density at radius 1 is 0.935 bits per heavy atom. The second-order valence-electron chi connectivity index (χ2n) is 9.81. The SMILES string of the molecule is COc1ccc(C#C[C@]2(O)CC[C@H]3[C@@H]4CCc5cc(OC)ccc5[C@H]4CC[C@@]32C)cc1. The topological polar surface area (TPSA) is 38.7 Å². The normalized spacial score (nSPS) is 33.4. The molecule has 3 heteroatoms. The molecule has 0 aliphatic heterocycles. The zero-order chi connectivity index (χ0) is 21.6. The van der Waals surface area contributed by atoms with Crippen molar-refractivity contribution in [2.24, 2.45) is 17.3 Å². The van der Waals surface area contributed by atoms with Gasteiger partial charge in [-0.1, -0.05) is 24.8 Å². The first-order valence-electron chi connectivity index (χ1n) is 11.5. The van der Waals surface area contributed by atoms with Crippen molar-refractivity contribution in [3.05, 3.63) is 59.2 Å². The first-order valence-corrected chi connectivity index (χ1v) is 11.5. The van der Waals surface area contributed by atoms with Crippen molar-refractivity contribution in [2.75, 3.05) is 14.2 Å². The quantitative estimate of drug-likeness (QED) is 0.672. The maximum atomic E-state index is 11.7. The molecule has 31 heavy (non-hydrogen) atoms. The molecule has 0 amide bonds. The maximum Gasteiger partial charge on any atom is 0.131 e. The first-order chi connectivity index (χ1) is 15.0. The van der Waals surface area contributed by atoms with E-state index in [1.807, 2.05) is 24.3 Å². The van der Waals surface area contributed by atoms with Crippen molar-refractivity contribution < 1.29 is 14.6 Å². The van der Waals surface area contributed by atoms with Crippen LogP contribution in [0.5, 0.6) is 11.5 Å². The van der Waals surface area contributed by atoms with Crippen LogP contribution >= 0.6 is 0 Å². The number of hydrogen-bond acceptors (Lipinski definition) is 3. The zero-order valence-electron chi connectivity index (χ0n) is 18.8. The molecule has 2 saturated carbocycles. The molecule has 0 heterocycles. The van der Waals surface area contributed by atoms with Gasteiger partial charge in [-0.25, -0.2) is 0 Å². The molecule has 0 unspecified atom stereocenters. The summed E-state index contributed by atoms with van der Waals surface area (Å²) in [4.78, 5) is 0. The number of aryl methyl sites for hydroxylation is 1. The van der Waals surface area contributed by atoms with Gasteiger partial charge in [-0.2, -0.15) is 0 Å². The average Bonchev–Trinajstić information content (AvgIpc) is 3.08. The Labute approximate surface area is 185 Å². The molecule has 0 saturated heterocycles. The second kappa shape index (κ2) is 7.61. The molecule has 0 radical (unpaired) electrons. The molecule has 162 valence electrons. The lowest BCUT2D eigenvalue weighted by Crippen LogP contribution is -2.50. The molecule has 0 aromatic heterocycles. The zero-order valence-corrected chi connectivity index (χ0v) is 18.8. The van der Waals surface area contributed by atoms with Crippen LogP contribution in [0.1, 0.15) is 61.6 Å². The number of hydrogen-bond donors (Lipinski definition) is 1. The van der Waals surface area contributed by atoms with Gasteiger partial charge >= 0.3 is 0 Å². The highest BCUT2D eigenvalue weighted by Gasteiger charge is 2.61. The predicted molar refractivity (Wildman–Crippen MR) is 122 cm³/mol. The Kier molecular flexibility index (Phi) is 5.02. The number of benzene rings is 2. The molecule has 5 rings (SSSR count). The van der Waals surface area contributed by atoms with Crippen LogP contribution in [0.15, 0.2) is 42.5 Å². The average molecular weight is 417 g/mol. The molecule has 2 aromatic rings. The van der Waals surface area contributed by atoms with Gasteiger partial charge in [0.25, 0.3) is 0 Å². The van der Waals surface area contributed by atoms with Gasteiger partial charge in [0.2, 0.25) is 0 Å². The van der Waals surface area contributed by atoms with Crippen molar-refractivity contribution in [1.29, 1.82) is 0 Å². The van der Waals surface area contributed by atoms with Crippen molar-refractivity contribution >= 4 is 0 Å². The Morgan fingerprint density at radius 3 is 2.42 bits per heavy atom. The smallest absolute Gasteiger partial charge is 0.131 e. The molecule has 2 fully saturated rings. The largest absolute Gasteiger partial charge is 0.497 e. The van der Waals surface area contributed by atoms with Crippen LogP contribution in [0.3, 0.4) is 0 Å². The fourth-order valence-electron chi connectivity index (χ4n) is 6.76. The van der Waals surface area contributed by atoms with Crippen LogP contribution in [-0.4, -0.2) is 24.9 Å². The third kappa shape index (κ3) is 3.24. The summed E-state index contributed by atoms with van der Waals surface area (Å²) in [6.45, 7) is 2.30. The van der Waals surface area contributed by atoms with E-state index in [-0.39, 0.29) is 5.41 Å². The van der Waals surface area contributed by atoms with Gasteiger partial charge in [-0.15, -0.1) is 0 Å². The highest BCUT2D eigenvalue weighted by Crippen LogP contribution is 2.64. The van der Waals surface area contributed by atoms with Gasteiger partial charge in [0.05, 0.1) is 14.2 Å². The summed E-state index contributed by atoms with van der Waals surface area (Å²) in [6.07, 6.45) is 6.30. The monoisotopic (exact) mass is 416 g/mol. The summed E-state index contributed by atoms with van der Waals surface area (Å²) in [7, 11) is 3.41. The van der Waals surface area contributed by atoms with Gasteiger partial charge in [-0.05, 0) is 104 Å². The Morgan fingerprint density at radius 2 is 1.68 bits per heavy atom. The first kappa shape index (κ1) is 20.5. The molecule has 0 bridgehead atoms. The van der Waals surface area contributed by atoms with Crippen molar-refractivity contribution in [3.8, 4) is 23.3 Å². The lowest BCUT2D eigenvalue weighted by atomic mass is 9.53. The summed E-state index contributed by atoms with van der Waals surface area (Å²) in [5.74, 6) is 10.1. The summed E-state index contributed by atoms with van der Waals surface area (Å²) in [5, 5.41) is 11.7. The van der Waals surface area contributed by atoms with Gasteiger partial charge in [0.15, 0.2) is 0 Å². The van der Waals surface area contributed by atoms with Crippen LogP contribution in [0.4, 0.5) is 0 Å². The molecule has 0 spiro atoms. The van der Waals surface area contributed by atoms with Gasteiger partial charge in [0.1, 0.15) is 17.1 Å². The molecule has 3 nitrogen and oxygen atoms in total. The van der Waals surface area contributed by atoms with Crippen LogP contribution in [0.2, 0.25) is 0 Å². The van der Waals surface area contributed by atoms with E-state index in [1.54, 1.807) is 14.2 Å². The number of ether oxygens (including phenoxy) is 2. The fourth-order valence-corrected chi connectivity index (χ4v) is 6.76. The third-order valence-corrected chi connectivity index (χ3v) is 8.59. The molecule has 2 aromatic carbocycles. The van der Waals surface area contributed by atoms with Crippen LogP contribution in [0, 0.1) is 29.1 Å². The number of rotatable bonds is 2. The van der Waals surface area contributed by atoms with Crippen LogP contribution in [0.25, 0.3) is 0 Å². The van der Waals surface area contributed by atoms with Gasteiger partial charge in [-0.3, -0.25) is 0 Å². The van der Waals surface area contributed by atoms with E-state index < -0.39 is 5.60 Å². The summed E-state index contributed by atoms with van der Waals surface area (Å²) < 4.78 is 10.7. The lowest BCUT2D eigenvalue weighted by molar-refractivity contribution is -0.0647. The predicted octanol–water partition coefficient (Wildman–Crippen LogP) is 5.34. The summed E-state index contributed by atoms with van der Waals surface area (Å²) in [6, 6.07) is 14.4. The summed E-state index contributed by atoms with van der Waals surface area (Å²) >= 11 is 0. The van der Waals surface area contributed by atoms with Crippen LogP contribution < -0.4 is 9.47 Å². The van der Waals surface area contributed by atoms with E-state index in [0.29, 0.717) is 17.8 Å². The fraction of sp³-hybridized carbons (Fsp3) is 0.500. The number of fused-ring (bicyclic) bond motifs is 5. The highest BCUT2D eigenvalue weighted by molar-refractivity contribution is 5.43. The minimum Gasteiger partial charge on any atom is -0.497 e. The molecule has 3 aliphatic rings. The molecular formula is C28H32O3. The number of aliphatic hydroxyl groups is 1. The van der Waals surface area contributed by atoms with Gasteiger partial charge < -0.3 is 14.6 Å². The van der Waals surface area contributed by atoms with E-state index in [4.69, 9.17) is 9.47 Å².